The molecule has 0 bridgehead atoms. The van der Waals surface area contributed by atoms with Crippen molar-refractivity contribution in [2.75, 3.05) is 0 Å². The van der Waals surface area contributed by atoms with E-state index in [0.29, 0.717) is 22.0 Å². The first kappa shape index (κ1) is 12.6. The Kier molecular flexibility index (Phi) is 3.86. The van der Waals surface area contributed by atoms with E-state index in [-0.39, 0.29) is 17.1 Å². The van der Waals surface area contributed by atoms with Gasteiger partial charge in [0.15, 0.2) is 5.22 Å². The number of hydrogen-bond acceptors (Lipinski definition) is 2. The van der Waals surface area contributed by atoms with Gasteiger partial charge >= 0.3 is 0 Å². The minimum absolute atomic E-state index is 0.259. The fourth-order valence-corrected chi connectivity index (χ4v) is 2.19. The van der Waals surface area contributed by atoms with Gasteiger partial charge in [0, 0.05) is 16.1 Å². The molecule has 0 spiro atoms. The van der Waals surface area contributed by atoms with Gasteiger partial charge in [-0.3, -0.25) is 0 Å². The Balaban J connectivity index is 2.19. The van der Waals surface area contributed by atoms with Crippen molar-refractivity contribution in [1.29, 1.82) is 0 Å². The summed E-state index contributed by atoms with van der Waals surface area (Å²) < 4.78 is 19.3. The van der Waals surface area contributed by atoms with Crippen LogP contribution < -0.4 is 5.73 Å². The van der Waals surface area contributed by atoms with Crippen molar-refractivity contribution < 1.29 is 8.81 Å². The van der Waals surface area contributed by atoms with E-state index in [2.05, 4.69) is 15.9 Å². The zero-order chi connectivity index (χ0) is 12.4. The van der Waals surface area contributed by atoms with E-state index in [9.17, 15) is 4.39 Å². The van der Waals surface area contributed by atoms with E-state index in [1.165, 1.54) is 12.3 Å². The largest absolute Gasteiger partial charge is 0.453 e. The number of furan rings is 1. The maximum atomic E-state index is 13.6. The molecular weight excluding hydrogens is 308 g/mol. The molecule has 5 heteroatoms. The van der Waals surface area contributed by atoms with E-state index in [1.54, 1.807) is 18.2 Å². The van der Waals surface area contributed by atoms with Gasteiger partial charge in [-0.1, -0.05) is 22.0 Å². The molecule has 1 unspecified atom stereocenters. The van der Waals surface area contributed by atoms with Gasteiger partial charge in [-0.2, -0.15) is 0 Å². The van der Waals surface area contributed by atoms with Crippen molar-refractivity contribution in [3.8, 4) is 0 Å². The number of benzene rings is 1. The zero-order valence-electron chi connectivity index (χ0n) is 8.79. The first-order valence-corrected chi connectivity index (χ1v) is 6.17. The molecule has 1 atom stereocenters. The highest BCUT2D eigenvalue weighted by molar-refractivity contribution is 9.10. The van der Waals surface area contributed by atoms with Crippen LogP contribution >= 0.6 is 27.5 Å². The van der Waals surface area contributed by atoms with Crippen molar-refractivity contribution >= 4 is 27.5 Å². The standard InChI is InChI=1S/C12H10BrClFNO/c13-8-2-1-7(10(15)6-8)5-11(16)9-3-4-17-12(9)14/h1-4,6,11H,5,16H2. The highest BCUT2D eigenvalue weighted by Crippen LogP contribution is 2.26. The highest BCUT2D eigenvalue weighted by Gasteiger charge is 2.15. The molecule has 0 saturated heterocycles. The van der Waals surface area contributed by atoms with Gasteiger partial charge in [0.1, 0.15) is 5.82 Å². The molecule has 1 aromatic heterocycles. The van der Waals surface area contributed by atoms with E-state index >= 15 is 0 Å². The van der Waals surface area contributed by atoms with Crippen LogP contribution in [-0.4, -0.2) is 0 Å². The number of nitrogens with two attached hydrogens (primary N) is 1. The first-order valence-electron chi connectivity index (χ1n) is 5.00. The summed E-state index contributed by atoms with van der Waals surface area (Å²) >= 11 is 9.02. The van der Waals surface area contributed by atoms with Crippen molar-refractivity contribution in [1.82, 2.24) is 0 Å². The smallest absolute Gasteiger partial charge is 0.197 e. The van der Waals surface area contributed by atoms with Gasteiger partial charge in [-0.15, -0.1) is 0 Å². The van der Waals surface area contributed by atoms with E-state index in [0.717, 1.165) is 0 Å². The predicted octanol–water partition coefficient (Wildman–Crippen LogP) is 4.08. The Morgan fingerprint density at radius 1 is 1.41 bits per heavy atom. The van der Waals surface area contributed by atoms with Crippen LogP contribution in [0.2, 0.25) is 5.22 Å². The first-order chi connectivity index (χ1) is 8.08. The van der Waals surface area contributed by atoms with Crippen molar-refractivity contribution in [3.63, 3.8) is 0 Å². The van der Waals surface area contributed by atoms with Gasteiger partial charge < -0.3 is 10.2 Å². The molecule has 1 heterocycles. The summed E-state index contributed by atoms with van der Waals surface area (Å²) in [6.45, 7) is 0. The van der Waals surface area contributed by atoms with Crippen LogP contribution in [0.3, 0.4) is 0 Å². The third kappa shape index (κ3) is 2.89. The second-order valence-electron chi connectivity index (χ2n) is 3.70. The highest BCUT2D eigenvalue weighted by atomic mass is 79.9. The molecule has 0 fully saturated rings. The SMILES string of the molecule is NC(Cc1ccc(Br)cc1F)c1ccoc1Cl. The summed E-state index contributed by atoms with van der Waals surface area (Å²) in [4.78, 5) is 0. The summed E-state index contributed by atoms with van der Waals surface area (Å²) in [7, 11) is 0. The maximum Gasteiger partial charge on any atom is 0.197 e. The van der Waals surface area contributed by atoms with Crippen LogP contribution in [-0.2, 0) is 6.42 Å². The summed E-state index contributed by atoms with van der Waals surface area (Å²) in [6, 6.07) is 6.22. The topological polar surface area (TPSA) is 39.2 Å². The van der Waals surface area contributed by atoms with Crippen LogP contribution in [0.1, 0.15) is 17.2 Å². The third-order valence-corrected chi connectivity index (χ3v) is 3.30. The van der Waals surface area contributed by atoms with Gasteiger partial charge in [0.2, 0.25) is 0 Å². The lowest BCUT2D eigenvalue weighted by molar-refractivity contribution is 0.557. The summed E-state index contributed by atoms with van der Waals surface area (Å²) in [5.41, 5.74) is 7.20. The third-order valence-electron chi connectivity index (χ3n) is 2.50. The van der Waals surface area contributed by atoms with Gasteiger partial charge in [0.05, 0.1) is 6.26 Å². The van der Waals surface area contributed by atoms with Crippen molar-refractivity contribution in [2.24, 2.45) is 5.73 Å². The van der Waals surface area contributed by atoms with E-state index in [4.69, 9.17) is 21.8 Å². The summed E-state index contributed by atoms with van der Waals surface area (Å²) in [5, 5.41) is 0.259. The summed E-state index contributed by atoms with van der Waals surface area (Å²) in [5.74, 6) is -0.283. The molecule has 0 radical (unpaired) electrons. The van der Waals surface area contributed by atoms with Crippen LogP contribution in [0, 0.1) is 5.82 Å². The lowest BCUT2D eigenvalue weighted by Crippen LogP contribution is -2.13. The number of rotatable bonds is 3. The fraction of sp³-hybridized carbons (Fsp3) is 0.167. The molecule has 17 heavy (non-hydrogen) atoms. The molecule has 2 N–H and O–H groups in total. The quantitative estimate of drug-likeness (QED) is 0.926. The fourth-order valence-electron chi connectivity index (χ4n) is 1.60. The van der Waals surface area contributed by atoms with Crippen molar-refractivity contribution in [2.45, 2.75) is 12.5 Å². The Labute approximate surface area is 112 Å². The normalized spacial score (nSPS) is 12.7. The minimum atomic E-state index is -0.378. The Bertz CT molecular complexity index is 529. The lowest BCUT2D eigenvalue weighted by Gasteiger charge is -2.11. The molecule has 90 valence electrons. The molecule has 0 aliphatic carbocycles. The van der Waals surface area contributed by atoms with E-state index < -0.39 is 0 Å². The van der Waals surface area contributed by atoms with Crippen LogP contribution in [0.4, 0.5) is 4.39 Å². The zero-order valence-corrected chi connectivity index (χ0v) is 11.1. The summed E-state index contributed by atoms with van der Waals surface area (Å²) in [6.07, 6.45) is 1.84. The van der Waals surface area contributed by atoms with Gasteiger partial charge in [-0.05, 0) is 41.8 Å². The average Bonchev–Trinajstić information content (AvgIpc) is 2.68. The molecular formula is C12H10BrClFNO. The van der Waals surface area contributed by atoms with Crippen LogP contribution in [0.25, 0.3) is 0 Å². The van der Waals surface area contributed by atoms with E-state index in [1.807, 2.05) is 0 Å². The molecule has 1 aromatic carbocycles. The van der Waals surface area contributed by atoms with Gasteiger partial charge in [0.25, 0.3) is 0 Å². The Morgan fingerprint density at radius 2 is 2.18 bits per heavy atom. The number of hydrogen-bond donors (Lipinski definition) is 1. The lowest BCUT2D eigenvalue weighted by atomic mass is 10.0. The molecule has 2 nitrogen and oxygen atoms in total. The van der Waals surface area contributed by atoms with Crippen LogP contribution in [0.5, 0.6) is 0 Å². The second kappa shape index (κ2) is 5.21. The van der Waals surface area contributed by atoms with Gasteiger partial charge in [-0.25, -0.2) is 4.39 Å². The molecule has 0 aliphatic heterocycles. The minimum Gasteiger partial charge on any atom is -0.453 e. The Hall–Kier alpha value is -0.840. The monoisotopic (exact) mass is 317 g/mol. The van der Waals surface area contributed by atoms with Crippen LogP contribution in [0.15, 0.2) is 39.4 Å². The maximum absolute atomic E-state index is 13.6. The molecule has 2 aromatic rings. The van der Waals surface area contributed by atoms with Crippen molar-refractivity contribution in [3.05, 3.63) is 57.2 Å². The molecule has 0 saturated carbocycles. The second-order valence-corrected chi connectivity index (χ2v) is 4.95. The number of halogens is 3. The molecule has 2 rings (SSSR count). The predicted molar refractivity (Wildman–Crippen MR) is 68.5 cm³/mol. The Morgan fingerprint density at radius 3 is 2.76 bits per heavy atom. The molecule has 0 amide bonds. The average molecular weight is 319 g/mol. The molecule has 0 aliphatic rings.